The zero-order valence-corrected chi connectivity index (χ0v) is 11.2. The molecule has 0 radical (unpaired) electrons. The number of nitrogens with two attached hydrogens (primary N) is 1. The second-order valence-corrected chi connectivity index (χ2v) is 4.42. The molecule has 2 heterocycles. The van der Waals surface area contributed by atoms with E-state index in [4.69, 9.17) is 5.73 Å². The third-order valence-corrected chi connectivity index (χ3v) is 2.96. The highest BCUT2D eigenvalue weighted by atomic mass is 16.2. The summed E-state index contributed by atoms with van der Waals surface area (Å²) in [6.45, 7) is 3.65. The minimum absolute atomic E-state index is 0.191. The maximum absolute atomic E-state index is 12.2. The van der Waals surface area contributed by atoms with Gasteiger partial charge in [0.05, 0.1) is 23.1 Å². The van der Waals surface area contributed by atoms with E-state index < -0.39 is 0 Å². The maximum atomic E-state index is 12.2. The Labute approximate surface area is 111 Å². The molecule has 0 aliphatic rings. The topological polar surface area (TPSA) is 85.8 Å². The number of amides is 1. The van der Waals surface area contributed by atoms with Crippen molar-refractivity contribution < 1.29 is 4.79 Å². The molecule has 1 amide bonds. The zero-order chi connectivity index (χ0) is 14.0. The number of carbonyl (C=O) groups is 1. The Morgan fingerprint density at radius 2 is 2.21 bits per heavy atom. The van der Waals surface area contributed by atoms with E-state index in [1.54, 1.807) is 20.2 Å². The highest BCUT2D eigenvalue weighted by Gasteiger charge is 2.20. The summed E-state index contributed by atoms with van der Waals surface area (Å²) in [5, 5.41) is 6.99. The number of pyridine rings is 1. The van der Waals surface area contributed by atoms with Crippen LogP contribution in [0.15, 0.2) is 24.4 Å². The molecule has 6 nitrogen and oxygen atoms in total. The minimum atomic E-state index is -0.251. The van der Waals surface area contributed by atoms with Crippen LogP contribution >= 0.6 is 0 Å². The van der Waals surface area contributed by atoms with Crippen molar-refractivity contribution in [1.82, 2.24) is 20.1 Å². The molecule has 0 fully saturated rings. The van der Waals surface area contributed by atoms with Crippen LogP contribution in [0.4, 0.5) is 5.69 Å². The summed E-state index contributed by atoms with van der Waals surface area (Å²) in [6, 6.07) is 5.39. The van der Waals surface area contributed by atoms with Crippen LogP contribution in [0.3, 0.4) is 0 Å². The molecule has 0 spiro atoms. The molecule has 0 aliphatic heterocycles. The largest absolute Gasteiger partial charge is 0.395 e. The van der Waals surface area contributed by atoms with Gasteiger partial charge >= 0.3 is 0 Å². The first-order valence-electron chi connectivity index (χ1n) is 6.01. The molecular weight excluding hydrogens is 242 g/mol. The van der Waals surface area contributed by atoms with Gasteiger partial charge in [0.1, 0.15) is 5.69 Å². The van der Waals surface area contributed by atoms with Gasteiger partial charge in [-0.3, -0.25) is 14.5 Å². The molecule has 1 unspecified atom stereocenters. The van der Waals surface area contributed by atoms with Crippen molar-refractivity contribution in [3.8, 4) is 0 Å². The van der Waals surface area contributed by atoms with Crippen molar-refractivity contribution in [2.75, 3.05) is 5.73 Å². The molecule has 2 aromatic rings. The van der Waals surface area contributed by atoms with E-state index in [9.17, 15) is 4.79 Å². The van der Waals surface area contributed by atoms with Gasteiger partial charge in [-0.2, -0.15) is 5.10 Å². The van der Waals surface area contributed by atoms with Crippen LogP contribution in [0.2, 0.25) is 0 Å². The number of nitrogens with zero attached hydrogens (tertiary/aromatic N) is 3. The first-order chi connectivity index (χ1) is 9.00. The van der Waals surface area contributed by atoms with E-state index in [1.807, 2.05) is 25.1 Å². The average Bonchev–Trinajstić information content (AvgIpc) is 2.64. The normalized spacial score (nSPS) is 12.2. The van der Waals surface area contributed by atoms with E-state index >= 15 is 0 Å². The van der Waals surface area contributed by atoms with Gasteiger partial charge in [0.25, 0.3) is 5.91 Å². The van der Waals surface area contributed by atoms with Gasteiger partial charge < -0.3 is 11.1 Å². The average molecular weight is 259 g/mol. The molecule has 6 heteroatoms. The second kappa shape index (κ2) is 5.09. The molecule has 3 N–H and O–H groups in total. The fourth-order valence-electron chi connectivity index (χ4n) is 1.91. The van der Waals surface area contributed by atoms with Crippen LogP contribution < -0.4 is 11.1 Å². The first kappa shape index (κ1) is 13.1. The monoisotopic (exact) mass is 259 g/mol. The fourth-order valence-corrected chi connectivity index (χ4v) is 1.91. The maximum Gasteiger partial charge on any atom is 0.272 e. The minimum Gasteiger partial charge on any atom is -0.395 e. The van der Waals surface area contributed by atoms with Crippen molar-refractivity contribution in [2.24, 2.45) is 7.05 Å². The van der Waals surface area contributed by atoms with Gasteiger partial charge in [-0.15, -0.1) is 0 Å². The lowest BCUT2D eigenvalue weighted by Gasteiger charge is -2.13. The molecule has 0 bridgehead atoms. The molecule has 2 rings (SSSR count). The quantitative estimate of drug-likeness (QED) is 0.867. The fraction of sp³-hybridized carbons (Fsp3) is 0.308. The molecule has 0 aromatic carbocycles. The lowest BCUT2D eigenvalue weighted by molar-refractivity contribution is 0.0930. The summed E-state index contributed by atoms with van der Waals surface area (Å²) in [4.78, 5) is 16.4. The molecule has 1 atom stereocenters. The Morgan fingerprint density at radius 3 is 2.74 bits per heavy atom. The van der Waals surface area contributed by atoms with Gasteiger partial charge in [-0.05, 0) is 26.0 Å². The van der Waals surface area contributed by atoms with E-state index in [-0.39, 0.29) is 11.9 Å². The zero-order valence-electron chi connectivity index (χ0n) is 11.2. The first-order valence-corrected chi connectivity index (χ1v) is 6.01. The Bertz CT molecular complexity index is 591. The van der Waals surface area contributed by atoms with Crippen LogP contribution in [0.1, 0.15) is 34.8 Å². The predicted molar refractivity (Wildman–Crippen MR) is 72.5 cm³/mol. The van der Waals surface area contributed by atoms with Crippen molar-refractivity contribution in [2.45, 2.75) is 19.9 Å². The number of carbonyl (C=O) groups excluding carboxylic acids is 1. The molecule has 0 saturated carbocycles. The third-order valence-electron chi connectivity index (χ3n) is 2.96. The molecule has 2 aromatic heterocycles. The van der Waals surface area contributed by atoms with Crippen molar-refractivity contribution in [3.05, 3.63) is 41.5 Å². The van der Waals surface area contributed by atoms with Crippen molar-refractivity contribution in [3.63, 3.8) is 0 Å². The Hall–Kier alpha value is -2.37. The standard InChI is InChI=1S/C13H17N5O/c1-8(10-6-4-5-7-15-10)16-13(19)12-11(14)9(2)17-18(12)3/h4-8H,14H2,1-3H3,(H,16,19). The molecule has 0 aliphatic carbocycles. The Kier molecular flexibility index (Phi) is 3.50. The van der Waals surface area contributed by atoms with Crippen LogP contribution in [0, 0.1) is 6.92 Å². The molecule has 19 heavy (non-hydrogen) atoms. The number of aryl methyl sites for hydroxylation is 2. The Morgan fingerprint density at radius 1 is 1.47 bits per heavy atom. The van der Waals surface area contributed by atoms with Gasteiger partial charge in [0.15, 0.2) is 0 Å². The molecule has 0 saturated heterocycles. The van der Waals surface area contributed by atoms with Gasteiger partial charge in [-0.1, -0.05) is 6.07 Å². The van der Waals surface area contributed by atoms with Crippen LogP contribution in [-0.2, 0) is 7.05 Å². The third kappa shape index (κ3) is 2.57. The smallest absolute Gasteiger partial charge is 0.272 e. The van der Waals surface area contributed by atoms with E-state index in [0.29, 0.717) is 17.1 Å². The lowest BCUT2D eigenvalue weighted by atomic mass is 10.2. The van der Waals surface area contributed by atoms with E-state index in [1.165, 1.54) is 4.68 Å². The lowest BCUT2D eigenvalue weighted by Crippen LogP contribution is -2.29. The summed E-state index contributed by atoms with van der Waals surface area (Å²) < 4.78 is 1.49. The van der Waals surface area contributed by atoms with Crippen LogP contribution in [0.25, 0.3) is 0 Å². The van der Waals surface area contributed by atoms with Crippen LogP contribution in [0.5, 0.6) is 0 Å². The predicted octanol–water partition coefficient (Wildman–Crippen LogP) is 1.20. The number of anilines is 1. The van der Waals surface area contributed by atoms with E-state index in [2.05, 4.69) is 15.4 Å². The van der Waals surface area contributed by atoms with Gasteiger partial charge in [-0.25, -0.2) is 0 Å². The number of aromatic nitrogens is 3. The number of nitrogens with one attached hydrogen (secondary N) is 1. The number of hydrogen-bond donors (Lipinski definition) is 2. The summed E-state index contributed by atoms with van der Waals surface area (Å²) in [5.74, 6) is -0.251. The number of rotatable bonds is 3. The number of nitrogen functional groups attached to an aromatic ring is 1. The number of hydrogen-bond acceptors (Lipinski definition) is 4. The summed E-state index contributed by atoms with van der Waals surface area (Å²) in [6.07, 6.45) is 1.70. The van der Waals surface area contributed by atoms with Crippen molar-refractivity contribution in [1.29, 1.82) is 0 Å². The Balaban J connectivity index is 2.18. The highest BCUT2D eigenvalue weighted by molar-refractivity contribution is 5.98. The molecule has 100 valence electrons. The summed E-state index contributed by atoms with van der Waals surface area (Å²) in [5.41, 5.74) is 8.10. The van der Waals surface area contributed by atoms with Crippen molar-refractivity contribution >= 4 is 11.6 Å². The summed E-state index contributed by atoms with van der Waals surface area (Å²) in [7, 11) is 1.70. The van der Waals surface area contributed by atoms with Crippen LogP contribution in [-0.4, -0.2) is 20.7 Å². The SMILES string of the molecule is Cc1nn(C)c(C(=O)NC(C)c2ccccn2)c1N. The summed E-state index contributed by atoms with van der Waals surface area (Å²) >= 11 is 0. The molecular formula is C13H17N5O. The second-order valence-electron chi connectivity index (χ2n) is 4.42. The van der Waals surface area contributed by atoms with E-state index in [0.717, 1.165) is 5.69 Å². The highest BCUT2D eigenvalue weighted by Crippen LogP contribution is 2.16. The van der Waals surface area contributed by atoms with Gasteiger partial charge in [0.2, 0.25) is 0 Å². The van der Waals surface area contributed by atoms with Gasteiger partial charge in [0, 0.05) is 13.2 Å².